The van der Waals surface area contributed by atoms with Gasteiger partial charge >= 0.3 is 5.97 Å². The molecule has 6 heteroatoms. The van der Waals surface area contributed by atoms with Crippen LogP contribution in [0.2, 0.25) is 0 Å². The van der Waals surface area contributed by atoms with Gasteiger partial charge in [0.05, 0.1) is 0 Å². The van der Waals surface area contributed by atoms with Crippen molar-refractivity contribution in [2.45, 2.75) is 33.8 Å². The Hall–Kier alpha value is -2.73. The van der Waals surface area contributed by atoms with E-state index < -0.39 is 18.0 Å². The van der Waals surface area contributed by atoms with E-state index in [0.29, 0.717) is 10.1 Å². The molecule has 0 saturated heterocycles. The molecule has 140 valence electrons. The molecule has 1 atom stereocenters. The smallest absolute Gasteiger partial charge is 0.349 e. The van der Waals surface area contributed by atoms with Crippen LogP contribution in [0.15, 0.2) is 36.4 Å². The molecule has 1 N–H and O–H groups in total. The van der Waals surface area contributed by atoms with Crippen molar-refractivity contribution in [1.29, 1.82) is 0 Å². The number of aryl methyl sites for hydroxylation is 3. The van der Waals surface area contributed by atoms with E-state index >= 15 is 0 Å². The molecule has 0 fully saturated rings. The first kappa shape index (κ1) is 19.0. The molecule has 0 saturated carbocycles. The number of hydrogen-bond donors (Lipinski definition) is 1. The van der Waals surface area contributed by atoms with E-state index in [0.717, 1.165) is 33.7 Å². The molecule has 0 radical (unpaired) electrons. The van der Waals surface area contributed by atoms with Gasteiger partial charge in [-0.05, 0) is 57.0 Å². The number of amides is 1. The molecule has 27 heavy (non-hydrogen) atoms. The summed E-state index contributed by atoms with van der Waals surface area (Å²) in [6.45, 7) is 7.33. The summed E-state index contributed by atoms with van der Waals surface area (Å²) in [7, 11) is 0. The number of benzene rings is 2. The molecule has 4 nitrogen and oxygen atoms in total. The molecule has 1 heterocycles. The van der Waals surface area contributed by atoms with Gasteiger partial charge in [-0.3, -0.25) is 4.79 Å². The number of fused-ring (bicyclic) bond motifs is 1. The van der Waals surface area contributed by atoms with Crippen LogP contribution < -0.4 is 5.32 Å². The molecular weight excluding hydrogens is 365 g/mol. The third-order valence-corrected chi connectivity index (χ3v) is 5.37. The van der Waals surface area contributed by atoms with Crippen LogP contribution >= 0.6 is 11.3 Å². The van der Waals surface area contributed by atoms with Crippen molar-refractivity contribution in [3.8, 4) is 0 Å². The molecule has 0 unspecified atom stereocenters. The van der Waals surface area contributed by atoms with Gasteiger partial charge < -0.3 is 10.1 Å². The van der Waals surface area contributed by atoms with Gasteiger partial charge in [0.15, 0.2) is 6.10 Å². The van der Waals surface area contributed by atoms with Crippen LogP contribution in [-0.4, -0.2) is 18.0 Å². The fraction of sp³-hybridized carbons (Fsp3) is 0.238. The molecule has 1 amide bonds. The summed E-state index contributed by atoms with van der Waals surface area (Å²) in [5, 5.41) is 3.20. The van der Waals surface area contributed by atoms with Crippen LogP contribution in [0.3, 0.4) is 0 Å². The van der Waals surface area contributed by atoms with Gasteiger partial charge in [-0.15, -0.1) is 11.3 Å². The van der Waals surface area contributed by atoms with Gasteiger partial charge in [0.2, 0.25) is 0 Å². The highest BCUT2D eigenvalue weighted by Gasteiger charge is 2.22. The lowest BCUT2D eigenvalue weighted by Gasteiger charge is -2.16. The molecule has 0 aliphatic heterocycles. The SMILES string of the molecule is Cc1cc(C)c(NC(=O)[C@@H](C)OC(=O)c2cc3c(F)cccc3s2)c(C)c1. The number of carbonyl (C=O) groups is 2. The molecule has 2 aromatic carbocycles. The molecule has 3 aromatic rings. The predicted molar refractivity (Wildman–Crippen MR) is 106 cm³/mol. The van der Waals surface area contributed by atoms with Gasteiger partial charge in [-0.1, -0.05) is 23.8 Å². The first-order valence-electron chi connectivity index (χ1n) is 8.54. The average Bonchev–Trinajstić information content (AvgIpc) is 3.03. The molecule has 3 rings (SSSR count). The van der Waals surface area contributed by atoms with Gasteiger partial charge in [0.1, 0.15) is 10.7 Å². The quantitative estimate of drug-likeness (QED) is 0.632. The minimum atomic E-state index is -0.979. The minimum Gasteiger partial charge on any atom is -0.448 e. The Morgan fingerprint density at radius 2 is 1.78 bits per heavy atom. The summed E-state index contributed by atoms with van der Waals surface area (Å²) in [4.78, 5) is 25.1. The number of nitrogens with one attached hydrogen (secondary N) is 1. The van der Waals surface area contributed by atoms with E-state index in [2.05, 4.69) is 5.32 Å². The topological polar surface area (TPSA) is 55.4 Å². The standard InChI is InChI=1S/C21H20FNO3S/c1-11-8-12(2)19(13(3)9-11)23-20(24)14(4)26-21(25)18-10-15-16(22)6-5-7-17(15)27-18/h5-10,14H,1-4H3,(H,23,24)/t14-/m1/s1. The highest BCUT2D eigenvalue weighted by molar-refractivity contribution is 7.20. The molecule has 0 bridgehead atoms. The zero-order valence-corrected chi connectivity index (χ0v) is 16.4. The Labute approximate surface area is 161 Å². The number of thiophene rings is 1. The van der Waals surface area contributed by atoms with Crippen molar-refractivity contribution in [3.05, 3.63) is 63.8 Å². The van der Waals surface area contributed by atoms with Crippen LogP contribution in [0.5, 0.6) is 0 Å². The zero-order valence-electron chi connectivity index (χ0n) is 15.6. The molecule has 0 aliphatic carbocycles. The highest BCUT2D eigenvalue weighted by Crippen LogP contribution is 2.28. The third-order valence-electron chi connectivity index (χ3n) is 4.29. The fourth-order valence-electron chi connectivity index (χ4n) is 3.00. The Bertz CT molecular complexity index is 1020. The van der Waals surface area contributed by atoms with Gasteiger partial charge in [-0.25, -0.2) is 9.18 Å². The number of anilines is 1. The van der Waals surface area contributed by atoms with Crippen molar-refractivity contribution in [2.24, 2.45) is 0 Å². The van der Waals surface area contributed by atoms with Crippen LogP contribution in [0.1, 0.15) is 33.3 Å². The van der Waals surface area contributed by atoms with Gasteiger partial charge in [0, 0.05) is 15.8 Å². The summed E-state index contributed by atoms with van der Waals surface area (Å²) in [6, 6.07) is 10.1. The monoisotopic (exact) mass is 385 g/mol. The summed E-state index contributed by atoms with van der Waals surface area (Å²) in [5.41, 5.74) is 3.72. The van der Waals surface area contributed by atoms with E-state index in [1.807, 2.05) is 32.9 Å². The van der Waals surface area contributed by atoms with Crippen LogP contribution in [0, 0.1) is 26.6 Å². The Morgan fingerprint density at radius 3 is 2.41 bits per heavy atom. The lowest BCUT2D eigenvalue weighted by atomic mass is 10.0. The highest BCUT2D eigenvalue weighted by atomic mass is 32.1. The number of ether oxygens (including phenoxy) is 1. The Balaban J connectivity index is 1.72. The number of esters is 1. The number of hydrogen-bond acceptors (Lipinski definition) is 4. The van der Waals surface area contributed by atoms with E-state index in [-0.39, 0.29) is 10.7 Å². The Kier molecular flexibility index (Phi) is 5.28. The second-order valence-corrected chi connectivity index (χ2v) is 7.66. The first-order valence-corrected chi connectivity index (χ1v) is 9.35. The third kappa shape index (κ3) is 4.01. The van der Waals surface area contributed by atoms with Crippen LogP contribution in [0.25, 0.3) is 10.1 Å². The lowest BCUT2D eigenvalue weighted by Crippen LogP contribution is -2.30. The van der Waals surface area contributed by atoms with Gasteiger partial charge in [0.25, 0.3) is 5.91 Å². The summed E-state index contributed by atoms with van der Waals surface area (Å²) >= 11 is 1.14. The Morgan fingerprint density at radius 1 is 1.11 bits per heavy atom. The lowest BCUT2D eigenvalue weighted by molar-refractivity contribution is -0.123. The maximum atomic E-state index is 13.8. The molecular formula is C21H20FNO3S. The first-order chi connectivity index (χ1) is 12.8. The number of rotatable bonds is 4. The molecule has 0 spiro atoms. The average molecular weight is 385 g/mol. The van der Waals surface area contributed by atoms with Crippen LogP contribution in [-0.2, 0) is 9.53 Å². The number of halogens is 1. The largest absolute Gasteiger partial charge is 0.448 e. The van der Waals surface area contributed by atoms with E-state index in [4.69, 9.17) is 4.74 Å². The fourth-order valence-corrected chi connectivity index (χ4v) is 3.96. The van der Waals surface area contributed by atoms with Crippen LogP contribution in [0.4, 0.5) is 10.1 Å². The van der Waals surface area contributed by atoms with Crippen molar-refractivity contribution < 1.29 is 18.7 Å². The molecule has 0 aliphatic rings. The summed E-state index contributed by atoms with van der Waals surface area (Å²) < 4.78 is 19.7. The van der Waals surface area contributed by atoms with Gasteiger partial charge in [-0.2, -0.15) is 0 Å². The van der Waals surface area contributed by atoms with E-state index in [9.17, 15) is 14.0 Å². The zero-order chi connectivity index (χ0) is 19.7. The van der Waals surface area contributed by atoms with Crippen molar-refractivity contribution in [1.82, 2.24) is 0 Å². The van der Waals surface area contributed by atoms with Crippen molar-refractivity contribution >= 4 is 39.0 Å². The summed E-state index contributed by atoms with van der Waals surface area (Å²) in [6.07, 6.45) is -0.979. The van der Waals surface area contributed by atoms with E-state index in [1.54, 1.807) is 12.1 Å². The second kappa shape index (κ2) is 7.48. The minimum absolute atomic E-state index is 0.262. The maximum absolute atomic E-state index is 13.8. The molecule has 1 aromatic heterocycles. The maximum Gasteiger partial charge on any atom is 0.349 e. The predicted octanol–water partition coefficient (Wildman–Crippen LogP) is 5.15. The normalized spacial score (nSPS) is 12.0. The van der Waals surface area contributed by atoms with Crippen molar-refractivity contribution in [2.75, 3.05) is 5.32 Å². The summed E-state index contributed by atoms with van der Waals surface area (Å²) in [5.74, 6) is -1.44. The van der Waals surface area contributed by atoms with E-state index in [1.165, 1.54) is 19.1 Å². The van der Waals surface area contributed by atoms with Crippen molar-refractivity contribution in [3.63, 3.8) is 0 Å². The second-order valence-electron chi connectivity index (χ2n) is 6.57. The number of carbonyl (C=O) groups excluding carboxylic acids is 2.